The fourth-order valence-electron chi connectivity index (χ4n) is 2.81. The summed E-state index contributed by atoms with van der Waals surface area (Å²) in [5.41, 5.74) is 3.29. The Hall–Kier alpha value is -3.29. The normalized spacial score (nSPS) is 11.4. The van der Waals surface area contributed by atoms with Crippen molar-refractivity contribution in [1.82, 2.24) is 9.97 Å². The highest BCUT2D eigenvalue weighted by molar-refractivity contribution is 7.89. The minimum Gasteiger partial charge on any atom is -0.324 e. The molecule has 0 fully saturated rings. The molecule has 0 atom stereocenters. The molecule has 0 spiro atoms. The van der Waals surface area contributed by atoms with E-state index in [4.69, 9.17) is 5.14 Å². The summed E-state index contributed by atoms with van der Waals surface area (Å²) in [5.74, 6) is 0.427. The van der Waals surface area contributed by atoms with E-state index >= 15 is 0 Å². The van der Waals surface area contributed by atoms with Crippen molar-refractivity contribution in [2.45, 2.75) is 4.90 Å². The zero-order chi connectivity index (χ0) is 18.9. The van der Waals surface area contributed by atoms with Crippen molar-refractivity contribution in [2.24, 2.45) is 5.14 Å². The van der Waals surface area contributed by atoms with Gasteiger partial charge in [0, 0.05) is 16.6 Å². The molecule has 0 saturated carbocycles. The molecule has 3 aromatic carbocycles. The molecular formula is C20H16N4O2S. The maximum Gasteiger partial charge on any atom is 0.238 e. The number of sulfonamides is 1. The number of anilines is 2. The van der Waals surface area contributed by atoms with Crippen LogP contribution in [0.4, 0.5) is 11.6 Å². The van der Waals surface area contributed by atoms with Crippen molar-refractivity contribution in [3.05, 3.63) is 78.9 Å². The first kappa shape index (κ1) is 17.1. The summed E-state index contributed by atoms with van der Waals surface area (Å²) in [5, 5.41) is 9.22. The average Bonchev–Trinajstić information content (AvgIpc) is 2.68. The molecule has 7 heteroatoms. The van der Waals surface area contributed by atoms with Gasteiger partial charge in [-0.15, -0.1) is 0 Å². The van der Waals surface area contributed by atoms with Gasteiger partial charge in [-0.25, -0.2) is 23.5 Å². The Morgan fingerprint density at radius 2 is 1.44 bits per heavy atom. The van der Waals surface area contributed by atoms with Crippen LogP contribution in [0.1, 0.15) is 0 Å². The van der Waals surface area contributed by atoms with Gasteiger partial charge in [-0.3, -0.25) is 0 Å². The molecule has 0 aliphatic carbocycles. The minimum absolute atomic E-state index is 0.0532. The van der Waals surface area contributed by atoms with E-state index in [-0.39, 0.29) is 4.90 Å². The van der Waals surface area contributed by atoms with Gasteiger partial charge in [-0.05, 0) is 30.3 Å². The third-order valence-corrected chi connectivity index (χ3v) is 5.02. The van der Waals surface area contributed by atoms with Crippen LogP contribution in [0.25, 0.3) is 22.2 Å². The molecule has 27 heavy (non-hydrogen) atoms. The van der Waals surface area contributed by atoms with E-state index in [1.807, 2.05) is 54.6 Å². The summed E-state index contributed by atoms with van der Waals surface area (Å²) in [6.45, 7) is 0. The van der Waals surface area contributed by atoms with Gasteiger partial charge in [0.1, 0.15) is 0 Å². The zero-order valence-corrected chi connectivity index (χ0v) is 15.0. The third-order valence-electron chi connectivity index (χ3n) is 4.09. The van der Waals surface area contributed by atoms with E-state index in [1.165, 1.54) is 12.1 Å². The van der Waals surface area contributed by atoms with Crippen LogP contribution >= 0.6 is 0 Å². The van der Waals surface area contributed by atoms with Crippen LogP contribution in [0, 0.1) is 0 Å². The molecule has 0 amide bonds. The Kier molecular flexibility index (Phi) is 4.31. The lowest BCUT2D eigenvalue weighted by Crippen LogP contribution is -2.11. The first-order valence-corrected chi connectivity index (χ1v) is 9.77. The highest BCUT2D eigenvalue weighted by Crippen LogP contribution is 2.28. The SMILES string of the molecule is NS(=O)(=O)c1ccc(Nc2nc(-c3ccccc3)c3ccccc3n2)cc1. The molecule has 134 valence electrons. The maximum atomic E-state index is 11.4. The van der Waals surface area contributed by atoms with Crippen LogP contribution in [0.5, 0.6) is 0 Å². The number of hydrogen-bond donors (Lipinski definition) is 2. The lowest BCUT2D eigenvalue weighted by Gasteiger charge is -2.11. The molecule has 3 N–H and O–H groups in total. The molecule has 4 rings (SSSR count). The van der Waals surface area contributed by atoms with Crippen LogP contribution in [-0.2, 0) is 10.0 Å². The van der Waals surface area contributed by atoms with Gasteiger partial charge < -0.3 is 5.32 Å². The lowest BCUT2D eigenvalue weighted by molar-refractivity contribution is 0.598. The fraction of sp³-hybridized carbons (Fsp3) is 0. The fourth-order valence-corrected chi connectivity index (χ4v) is 3.32. The highest BCUT2D eigenvalue weighted by atomic mass is 32.2. The van der Waals surface area contributed by atoms with Crippen molar-refractivity contribution in [3.63, 3.8) is 0 Å². The van der Waals surface area contributed by atoms with Gasteiger partial charge >= 0.3 is 0 Å². The molecule has 1 aromatic heterocycles. The number of nitrogens with zero attached hydrogens (tertiary/aromatic N) is 2. The Bertz CT molecular complexity index is 1210. The van der Waals surface area contributed by atoms with Gasteiger partial charge in [0.15, 0.2) is 0 Å². The second kappa shape index (κ2) is 6.79. The smallest absolute Gasteiger partial charge is 0.238 e. The predicted molar refractivity (Wildman–Crippen MR) is 106 cm³/mol. The van der Waals surface area contributed by atoms with Gasteiger partial charge in [0.05, 0.1) is 16.1 Å². The number of aromatic nitrogens is 2. The first-order valence-electron chi connectivity index (χ1n) is 8.23. The van der Waals surface area contributed by atoms with E-state index in [0.717, 1.165) is 22.2 Å². The molecule has 0 bridgehead atoms. The Morgan fingerprint density at radius 3 is 2.15 bits per heavy atom. The molecule has 0 radical (unpaired) electrons. The molecule has 0 unspecified atom stereocenters. The summed E-state index contributed by atoms with van der Waals surface area (Å²) in [6, 6.07) is 23.8. The Morgan fingerprint density at radius 1 is 0.778 bits per heavy atom. The number of rotatable bonds is 4. The quantitative estimate of drug-likeness (QED) is 0.566. The molecule has 0 aliphatic rings. The highest BCUT2D eigenvalue weighted by Gasteiger charge is 2.11. The third kappa shape index (κ3) is 3.64. The van der Waals surface area contributed by atoms with Crippen molar-refractivity contribution in [1.29, 1.82) is 0 Å². The Balaban J connectivity index is 1.76. The minimum atomic E-state index is -3.72. The van der Waals surface area contributed by atoms with Crippen LogP contribution in [0.2, 0.25) is 0 Å². The van der Waals surface area contributed by atoms with Crippen LogP contribution < -0.4 is 10.5 Å². The molecule has 6 nitrogen and oxygen atoms in total. The molecule has 1 heterocycles. The van der Waals surface area contributed by atoms with E-state index < -0.39 is 10.0 Å². The van der Waals surface area contributed by atoms with Gasteiger partial charge in [-0.1, -0.05) is 48.5 Å². The van der Waals surface area contributed by atoms with Crippen LogP contribution in [-0.4, -0.2) is 18.4 Å². The molecule has 0 saturated heterocycles. The zero-order valence-electron chi connectivity index (χ0n) is 14.2. The lowest BCUT2D eigenvalue weighted by atomic mass is 10.1. The van der Waals surface area contributed by atoms with Crippen molar-refractivity contribution in [3.8, 4) is 11.3 Å². The second-order valence-corrected chi connectivity index (χ2v) is 7.53. The number of nitrogens with one attached hydrogen (secondary N) is 1. The number of primary sulfonamides is 1. The van der Waals surface area contributed by atoms with Crippen molar-refractivity contribution >= 4 is 32.6 Å². The van der Waals surface area contributed by atoms with E-state index in [0.29, 0.717) is 11.6 Å². The molecule has 0 aliphatic heterocycles. The standard InChI is InChI=1S/C20H16N4O2S/c21-27(25,26)16-12-10-15(11-13-16)22-20-23-18-9-5-4-8-17(18)19(24-20)14-6-2-1-3-7-14/h1-13H,(H2,21,25,26)(H,22,23,24). The van der Waals surface area contributed by atoms with Gasteiger partial charge in [-0.2, -0.15) is 0 Å². The van der Waals surface area contributed by atoms with Crippen LogP contribution in [0.15, 0.2) is 83.8 Å². The van der Waals surface area contributed by atoms with E-state index in [2.05, 4.69) is 15.3 Å². The largest absolute Gasteiger partial charge is 0.324 e. The second-order valence-electron chi connectivity index (χ2n) is 5.97. The van der Waals surface area contributed by atoms with Crippen molar-refractivity contribution in [2.75, 3.05) is 5.32 Å². The first-order chi connectivity index (χ1) is 13.0. The number of nitrogens with two attached hydrogens (primary N) is 1. The van der Waals surface area contributed by atoms with Crippen molar-refractivity contribution < 1.29 is 8.42 Å². The summed E-state index contributed by atoms with van der Waals surface area (Å²) >= 11 is 0. The van der Waals surface area contributed by atoms with Gasteiger partial charge in [0.2, 0.25) is 16.0 Å². The molecular weight excluding hydrogens is 360 g/mol. The maximum absolute atomic E-state index is 11.4. The monoisotopic (exact) mass is 376 g/mol. The number of benzene rings is 3. The summed E-state index contributed by atoms with van der Waals surface area (Å²) in [4.78, 5) is 9.29. The van der Waals surface area contributed by atoms with Crippen LogP contribution in [0.3, 0.4) is 0 Å². The predicted octanol–water partition coefficient (Wildman–Crippen LogP) is 3.69. The summed E-state index contributed by atoms with van der Waals surface area (Å²) in [7, 11) is -3.72. The summed E-state index contributed by atoms with van der Waals surface area (Å²) < 4.78 is 22.8. The Labute approximate surface area is 156 Å². The number of fused-ring (bicyclic) bond motifs is 1. The summed E-state index contributed by atoms with van der Waals surface area (Å²) in [6.07, 6.45) is 0. The molecule has 4 aromatic rings. The number of hydrogen-bond acceptors (Lipinski definition) is 5. The average molecular weight is 376 g/mol. The van der Waals surface area contributed by atoms with E-state index in [9.17, 15) is 8.42 Å². The van der Waals surface area contributed by atoms with E-state index in [1.54, 1.807) is 12.1 Å². The number of para-hydroxylation sites is 1. The van der Waals surface area contributed by atoms with Gasteiger partial charge in [0.25, 0.3) is 0 Å². The topological polar surface area (TPSA) is 98.0 Å².